The number of hydrogen-bond donors (Lipinski definition) is 2. The van der Waals surface area contributed by atoms with Crippen molar-refractivity contribution in [3.05, 3.63) is 72.6 Å². The number of benzene rings is 2. The molecule has 0 spiro atoms. The lowest BCUT2D eigenvalue weighted by molar-refractivity contribution is 0.698. The minimum Gasteiger partial charge on any atom is -0.359 e. The van der Waals surface area contributed by atoms with Crippen LogP contribution in [0, 0.1) is 0 Å². The van der Waals surface area contributed by atoms with Crippen molar-refractivity contribution in [2.75, 3.05) is 11.9 Å². The van der Waals surface area contributed by atoms with Crippen LogP contribution in [-0.4, -0.2) is 27.8 Å². The van der Waals surface area contributed by atoms with E-state index in [0.717, 1.165) is 32.9 Å². The quantitative estimate of drug-likeness (QED) is 0.547. The van der Waals surface area contributed by atoms with Crippen molar-refractivity contribution in [1.29, 1.82) is 0 Å². The Morgan fingerprint density at radius 2 is 1.88 bits per heavy atom. The van der Waals surface area contributed by atoms with Crippen LogP contribution in [0.1, 0.15) is 5.56 Å². The van der Waals surface area contributed by atoms with Crippen molar-refractivity contribution in [2.45, 2.75) is 12.5 Å². The number of rotatable bonds is 6. The molecule has 0 aliphatic rings. The van der Waals surface area contributed by atoms with Crippen LogP contribution >= 0.6 is 11.3 Å². The second kappa shape index (κ2) is 7.59. The predicted octanol–water partition coefficient (Wildman–Crippen LogP) is 3.74. The maximum absolute atomic E-state index is 6.22. The van der Waals surface area contributed by atoms with Crippen LogP contribution in [0.25, 0.3) is 21.3 Å². The average Bonchev–Trinajstić information content (AvgIpc) is 3.16. The van der Waals surface area contributed by atoms with Crippen molar-refractivity contribution in [2.24, 2.45) is 5.73 Å². The first-order valence-electron chi connectivity index (χ1n) is 8.49. The van der Waals surface area contributed by atoms with Gasteiger partial charge >= 0.3 is 0 Å². The highest BCUT2D eigenvalue weighted by molar-refractivity contribution is 7.18. The summed E-state index contributed by atoms with van der Waals surface area (Å²) < 4.78 is 0. The smallest absolute Gasteiger partial charge is 0.206 e. The summed E-state index contributed by atoms with van der Waals surface area (Å²) in [5.74, 6) is 0. The normalized spacial score (nSPS) is 12.2. The number of anilines is 1. The molecular weight excluding hydrogens is 342 g/mol. The van der Waals surface area contributed by atoms with Crippen LogP contribution in [0.2, 0.25) is 0 Å². The summed E-state index contributed by atoms with van der Waals surface area (Å²) in [6.07, 6.45) is 4.49. The average molecular weight is 361 g/mol. The molecule has 26 heavy (non-hydrogen) atoms. The summed E-state index contributed by atoms with van der Waals surface area (Å²) >= 11 is 1.54. The SMILES string of the molecule is N[C@@H](CNc1nnc(-c2ccc3cnccc3c2)s1)Cc1ccccc1. The Morgan fingerprint density at radius 3 is 2.77 bits per heavy atom. The number of aromatic nitrogens is 3. The van der Waals surface area contributed by atoms with Gasteiger partial charge in [0.05, 0.1) is 0 Å². The molecule has 0 aliphatic carbocycles. The lowest BCUT2D eigenvalue weighted by Crippen LogP contribution is -2.31. The number of fused-ring (bicyclic) bond motifs is 1. The van der Waals surface area contributed by atoms with E-state index in [9.17, 15) is 0 Å². The third kappa shape index (κ3) is 3.87. The third-order valence-corrected chi connectivity index (χ3v) is 5.10. The standard InChI is InChI=1S/C20H19N5S/c21-18(10-14-4-2-1-3-5-14)13-23-20-25-24-19(26-20)16-6-7-17-12-22-9-8-15(17)11-16/h1-9,11-12,18H,10,13,21H2,(H,23,25)/t18-/m1/s1. The first-order chi connectivity index (χ1) is 12.8. The van der Waals surface area contributed by atoms with Crippen molar-refractivity contribution in [1.82, 2.24) is 15.2 Å². The largest absolute Gasteiger partial charge is 0.359 e. The molecule has 4 aromatic rings. The summed E-state index contributed by atoms with van der Waals surface area (Å²) in [4.78, 5) is 4.14. The van der Waals surface area contributed by atoms with Gasteiger partial charge in [0.25, 0.3) is 0 Å². The number of nitrogens with zero attached hydrogens (tertiary/aromatic N) is 3. The molecule has 0 amide bonds. The van der Waals surface area contributed by atoms with Gasteiger partial charge in [-0.2, -0.15) is 0 Å². The summed E-state index contributed by atoms with van der Waals surface area (Å²) in [5.41, 5.74) is 8.52. The fourth-order valence-corrected chi connectivity index (χ4v) is 3.58. The van der Waals surface area contributed by atoms with Crippen LogP contribution in [-0.2, 0) is 6.42 Å². The maximum atomic E-state index is 6.22. The second-order valence-electron chi connectivity index (χ2n) is 6.18. The minimum absolute atomic E-state index is 0.0259. The summed E-state index contributed by atoms with van der Waals surface area (Å²) in [7, 11) is 0. The van der Waals surface area contributed by atoms with Crippen molar-refractivity contribution in [3.8, 4) is 10.6 Å². The van der Waals surface area contributed by atoms with Gasteiger partial charge in [0.2, 0.25) is 5.13 Å². The Balaban J connectivity index is 1.41. The molecule has 0 bridgehead atoms. The fourth-order valence-electron chi connectivity index (χ4n) is 2.84. The van der Waals surface area contributed by atoms with Crippen LogP contribution < -0.4 is 11.1 Å². The van der Waals surface area contributed by atoms with E-state index in [1.54, 1.807) is 6.20 Å². The second-order valence-corrected chi connectivity index (χ2v) is 7.16. The predicted molar refractivity (Wildman–Crippen MR) is 107 cm³/mol. The summed E-state index contributed by atoms with van der Waals surface area (Å²) in [5, 5.41) is 15.8. The molecule has 2 aromatic heterocycles. The molecule has 0 radical (unpaired) electrons. The molecule has 4 rings (SSSR count). The van der Waals surface area contributed by atoms with Crippen molar-refractivity contribution < 1.29 is 0 Å². The molecule has 2 heterocycles. The Bertz CT molecular complexity index is 999. The van der Waals surface area contributed by atoms with Crippen molar-refractivity contribution in [3.63, 3.8) is 0 Å². The van der Waals surface area contributed by atoms with Crippen LogP contribution in [0.15, 0.2) is 67.0 Å². The molecule has 6 heteroatoms. The van der Waals surface area contributed by atoms with Gasteiger partial charge in [-0.25, -0.2) is 0 Å². The van der Waals surface area contributed by atoms with E-state index in [0.29, 0.717) is 6.54 Å². The van der Waals surface area contributed by atoms with Gasteiger partial charge < -0.3 is 11.1 Å². The fraction of sp³-hybridized carbons (Fsp3) is 0.150. The lowest BCUT2D eigenvalue weighted by atomic mass is 10.1. The zero-order chi connectivity index (χ0) is 17.8. The van der Waals surface area contributed by atoms with E-state index in [2.05, 4.69) is 50.8 Å². The van der Waals surface area contributed by atoms with E-state index in [1.807, 2.05) is 30.5 Å². The Labute approximate surface area is 155 Å². The van der Waals surface area contributed by atoms with E-state index in [1.165, 1.54) is 16.9 Å². The zero-order valence-corrected chi connectivity index (χ0v) is 15.0. The number of nitrogens with two attached hydrogens (primary N) is 1. The van der Waals surface area contributed by atoms with Gasteiger partial charge in [0.1, 0.15) is 5.01 Å². The molecular formula is C20H19N5S. The van der Waals surface area contributed by atoms with Gasteiger partial charge in [0, 0.05) is 35.9 Å². The molecule has 130 valence electrons. The molecule has 5 nitrogen and oxygen atoms in total. The van der Waals surface area contributed by atoms with Gasteiger partial charge in [0.15, 0.2) is 0 Å². The Hall–Kier alpha value is -2.83. The van der Waals surface area contributed by atoms with E-state index >= 15 is 0 Å². The summed E-state index contributed by atoms with van der Waals surface area (Å²) in [6, 6.07) is 18.5. The minimum atomic E-state index is 0.0259. The van der Waals surface area contributed by atoms with Crippen LogP contribution in [0.5, 0.6) is 0 Å². The third-order valence-electron chi connectivity index (χ3n) is 4.17. The molecule has 2 aromatic carbocycles. The van der Waals surface area contributed by atoms with Gasteiger partial charge in [-0.15, -0.1) is 10.2 Å². The van der Waals surface area contributed by atoms with Gasteiger partial charge in [-0.05, 0) is 29.5 Å². The zero-order valence-electron chi connectivity index (χ0n) is 14.2. The molecule has 0 fully saturated rings. The first kappa shape index (κ1) is 16.6. The lowest BCUT2D eigenvalue weighted by Gasteiger charge is -2.11. The number of hydrogen-bond acceptors (Lipinski definition) is 6. The highest BCUT2D eigenvalue weighted by Crippen LogP contribution is 2.28. The van der Waals surface area contributed by atoms with Gasteiger partial charge in [-0.3, -0.25) is 4.98 Å². The summed E-state index contributed by atoms with van der Waals surface area (Å²) in [6.45, 7) is 0.660. The molecule has 3 N–H and O–H groups in total. The van der Waals surface area contributed by atoms with E-state index in [-0.39, 0.29) is 6.04 Å². The van der Waals surface area contributed by atoms with E-state index in [4.69, 9.17) is 5.73 Å². The molecule has 1 atom stereocenters. The Morgan fingerprint density at radius 1 is 1.00 bits per heavy atom. The number of pyridine rings is 1. The highest BCUT2D eigenvalue weighted by Gasteiger charge is 2.09. The molecule has 0 aliphatic heterocycles. The maximum Gasteiger partial charge on any atom is 0.206 e. The van der Waals surface area contributed by atoms with Crippen LogP contribution in [0.4, 0.5) is 5.13 Å². The monoisotopic (exact) mass is 361 g/mol. The Kier molecular flexibility index (Phi) is 4.86. The topological polar surface area (TPSA) is 76.7 Å². The number of nitrogens with one attached hydrogen (secondary N) is 1. The molecule has 0 unspecified atom stereocenters. The van der Waals surface area contributed by atoms with Crippen molar-refractivity contribution >= 4 is 27.2 Å². The first-order valence-corrected chi connectivity index (χ1v) is 9.30. The van der Waals surface area contributed by atoms with E-state index < -0.39 is 0 Å². The molecule has 0 saturated heterocycles. The highest BCUT2D eigenvalue weighted by atomic mass is 32.1. The van der Waals surface area contributed by atoms with Gasteiger partial charge in [-0.1, -0.05) is 53.8 Å². The molecule has 0 saturated carbocycles. The van der Waals surface area contributed by atoms with Crippen LogP contribution in [0.3, 0.4) is 0 Å².